The van der Waals surface area contributed by atoms with E-state index in [2.05, 4.69) is 22.4 Å². The van der Waals surface area contributed by atoms with Gasteiger partial charge in [0.15, 0.2) is 0 Å². The number of hydrogen-bond acceptors (Lipinski definition) is 4. The Hall–Kier alpha value is -1.85. The first-order valence-electron chi connectivity index (χ1n) is 6.75. The third-order valence-electron chi connectivity index (χ3n) is 2.89. The van der Waals surface area contributed by atoms with Crippen molar-refractivity contribution >= 4 is 0 Å². The number of nitrogens with zero attached hydrogens (tertiary/aromatic N) is 2. The summed E-state index contributed by atoms with van der Waals surface area (Å²) < 4.78 is 12.7. The van der Waals surface area contributed by atoms with Crippen LogP contribution >= 0.6 is 0 Å². The SMILES string of the molecule is COCCNCc1cccc(OCCn2ccnc2)c1. The van der Waals surface area contributed by atoms with E-state index >= 15 is 0 Å². The lowest BCUT2D eigenvalue weighted by Gasteiger charge is -2.09. The summed E-state index contributed by atoms with van der Waals surface area (Å²) in [6.45, 7) is 3.83. The second kappa shape index (κ2) is 8.35. The van der Waals surface area contributed by atoms with Gasteiger partial charge in [0.1, 0.15) is 12.4 Å². The van der Waals surface area contributed by atoms with Crippen LogP contribution in [0.3, 0.4) is 0 Å². The zero-order valence-corrected chi connectivity index (χ0v) is 11.8. The van der Waals surface area contributed by atoms with Gasteiger partial charge in [0, 0.05) is 32.6 Å². The van der Waals surface area contributed by atoms with Gasteiger partial charge in [0.2, 0.25) is 0 Å². The Kier molecular flexibility index (Phi) is 6.07. The summed E-state index contributed by atoms with van der Waals surface area (Å²) in [7, 11) is 1.70. The molecule has 0 fully saturated rings. The molecule has 1 aromatic heterocycles. The van der Waals surface area contributed by atoms with E-state index in [4.69, 9.17) is 9.47 Å². The van der Waals surface area contributed by atoms with Crippen molar-refractivity contribution in [3.8, 4) is 5.75 Å². The third kappa shape index (κ3) is 5.03. The molecule has 0 aliphatic heterocycles. The van der Waals surface area contributed by atoms with Crippen LogP contribution in [0.2, 0.25) is 0 Å². The second-order valence-electron chi connectivity index (χ2n) is 4.47. The summed E-state index contributed by atoms with van der Waals surface area (Å²) in [6, 6.07) is 8.14. The summed E-state index contributed by atoms with van der Waals surface area (Å²) in [6.07, 6.45) is 5.49. The summed E-state index contributed by atoms with van der Waals surface area (Å²) in [5.74, 6) is 0.899. The van der Waals surface area contributed by atoms with Crippen LogP contribution in [0.25, 0.3) is 0 Å². The molecule has 0 atom stereocenters. The van der Waals surface area contributed by atoms with Crippen LogP contribution in [0.1, 0.15) is 5.56 Å². The van der Waals surface area contributed by atoms with Crippen molar-refractivity contribution in [2.45, 2.75) is 13.1 Å². The van der Waals surface area contributed by atoms with Crippen molar-refractivity contribution in [1.82, 2.24) is 14.9 Å². The van der Waals surface area contributed by atoms with Gasteiger partial charge in [-0.05, 0) is 17.7 Å². The van der Waals surface area contributed by atoms with E-state index in [-0.39, 0.29) is 0 Å². The molecule has 20 heavy (non-hydrogen) atoms. The number of rotatable bonds is 9. The predicted octanol–water partition coefficient (Wildman–Crippen LogP) is 1.70. The Bertz CT molecular complexity index is 486. The molecular formula is C15H21N3O2. The standard InChI is InChI=1S/C15H21N3O2/c1-19-9-6-16-12-14-3-2-4-15(11-14)20-10-8-18-7-5-17-13-18/h2-5,7,11,13,16H,6,8-10,12H2,1H3. The minimum atomic E-state index is 0.636. The van der Waals surface area contributed by atoms with Crippen molar-refractivity contribution in [3.05, 3.63) is 48.5 Å². The van der Waals surface area contributed by atoms with Gasteiger partial charge >= 0.3 is 0 Å². The first-order chi connectivity index (χ1) is 9.88. The minimum Gasteiger partial charge on any atom is -0.492 e. The van der Waals surface area contributed by atoms with Crippen molar-refractivity contribution < 1.29 is 9.47 Å². The molecule has 108 valence electrons. The molecular weight excluding hydrogens is 254 g/mol. The van der Waals surface area contributed by atoms with Gasteiger partial charge in [-0.15, -0.1) is 0 Å². The Labute approximate surface area is 119 Å². The van der Waals surface area contributed by atoms with Crippen LogP contribution in [0, 0.1) is 0 Å². The quantitative estimate of drug-likeness (QED) is 0.708. The molecule has 0 unspecified atom stereocenters. The van der Waals surface area contributed by atoms with Crippen molar-refractivity contribution in [2.75, 3.05) is 26.9 Å². The third-order valence-corrected chi connectivity index (χ3v) is 2.89. The smallest absolute Gasteiger partial charge is 0.119 e. The summed E-state index contributed by atoms with van der Waals surface area (Å²) in [5.41, 5.74) is 1.21. The molecule has 0 bridgehead atoms. The summed E-state index contributed by atoms with van der Waals surface area (Å²) >= 11 is 0. The average molecular weight is 275 g/mol. The molecule has 0 spiro atoms. The number of methoxy groups -OCH3 is 1. The highest BCUT2D eigenvalue weighted by Crippen LogP contribution is 2.13. The fourth-order valence-electron chi connectivity index (χ4n) is 1.84. The number of ether oxygens (including phenoxy) is 2. The molecule has 0 aliphatic rings. The minimum absolute atomic E-state index is 0.636. The van der Waals surface area contributed by atoms with Crippen LogP contribution in [-0.2, 0) is 17.8 Å². The van der Waals surface area contributed by atoms with E-state index in [0.29, 0.717) is 6.61 Å². The monoisotopic (exact) mass is 275 g/mol. The fourth-order valence-corrected chi connectivity index (χ4v) is 1.84. The number of imidazole rings is 1. The molecule has 0 saturated carbocycles. The van der Waals surface area contributed by atoms with Gasteiger partial charge < -0.3 is 19.4 Å². The Morgan fingerprint density at radius 1 is 1.30 bits per heavy atom. The van der Waals surface area contributed by atoms with E-state index in [1.165, 1.54) is 5.56 Å². The van der Waals surface area contributed by atoms with Crippen LogP contribution in [-0.4, -0.2) is 36.4 Å². The Morgan fingerprint density at radius 3 is 3.05 bits per heavy atom. The maximum absolute atomic E-state index is 5.75. The lowest BCUT2D eigenvalue weighted by molar-refractivity contribution is 0.199. The number of benzene rings is 1. The molecule has 5 heteroatoms. The van der Waals surface area contributed by atoms with Crippen molar-refractivity contribution in [1.29, 1.82) is 0 Å². The molecule has 2 aromatic rings. The molecule has 5 nitrogen and oxygen atoms in total. The lowest BCUT2D eigenvalue weighted by Crippen LogP contribution is -2.18. The van der Waals surface area contributed by atoms with Crippen LogP contribution in [0.5, 0.6) is 5.75 Å². The second-order valence-corrected chi connectivity index (χ2v) is 4.47. The zero-order valence-electron chi connectivity index (χ0n) is 11.8. The molecule has 0 radical (unpaired) electrons. The number of nitrogens with one attached hydrogen (secondary N) is 1. The first-order valence-corrected chi connectivity index (χ1v) is 6.75. The molecule has 0 amide bonds. The van der Waals surface area contributed by atoms with Gasteiger partial charge in [-0.2, -0.15) is 0 Å². The lowest BCUT2D eigenvalue weighted by atomic mass is 10.2. The molecule has 0 aliphatic carbocycles. The normalized spacial score (nSPS) is 10.7. The highest BCUT2D eigenvalue weighted by atomic mass is 16.5. The highest BCUT2D eigenvalue weighted by molar-refractivity contribution is 5.28. The van der Waals surface area contributed by atoms with Gasteiger partial charge in [-0.25, -0.2) is 4.98 Å². The van der Waals surface area contributed by atoms with Crippen LogP contribution in [0.4, 0.5) is 0 Å². The van der Waals surface area contributed by atoms with Crippen LogP contribution < -0.4 is 10.1 Å². The van der Waals surface area contributed by atoms with Gasteiger partial charge in [-0.3, -0.25) is 0 Å². The van der Waals surface area contributed by atoms with Crippen molar-refractivity contribution in [2.24, 2.45) is 0 Å². The molecule has 1 N–H and O–H groups in total. The molecule has 0 saturated heterocycles. The number of aromatic nitrogens is 2. The topological polar surface area (TPSA) is 48.3 Å². The predicted molar refractivity (Wildman–Crippen MR) is 77.7 cm³/mol. The van der Waals surface area contributed by atoms with E-state index in [1.807, 2.05) is 22.9 Å². The number of hydrogen-bond donors (Lipinski definition) is 1. The fraction of sp³-hybridized carbons (Fsp3) is 0.400. The Balaban J connectivity index is 1.74. The van der Waals surface area contributed by atoms with E-state index in [0.717, 1.165) is 32.0 Å². The van der Waals surface area contributed by atoms with Gasteiger partial charge in [-0.1, -0.05) is 12.1 Å². The van der Waals surface area contributed by atoms with E-state index in [1.54, 1.807) is 19.6 Å². The van der Waals surface area contributed by atoms with Crippen molar-refractivity contribution in [3.63, 3.8) is 0 Å². The van der Waals surface area contributed by atoms with Gasteiger partial charge in [0.05, 0.1) is 19.5 Å². The Morgan fingerprint density at radius 2 is 2.25 bits per heavy atom. The highest BCUT2D eigenvalue weighted by Gasteiger charge is 1.98. The zero-order chi connectivity index (χ0) is 14.0. The van der Waals surface area contributed by atoms with Crippen LogP contribution in [0.15, 0.2) is 43.0 Å². The van der Waals surface area contributed by atoms with Gasteiger partial charge in [0.25, 0.3) is 0 Å². The largest absolute Gasteiger partial charge is 0.492 e. The van der Waals surface area contributed by atoms with E-state index < -0.39 is 0 Å². The average Bonchev–Trinajstić information content (AvgIpc) is 2.97. The molecule has 2 rings (SSSR count). The maximum atomic E-state index is 5.75. The molecule has 1 heterocycles. The summed E-state index contributed by atoms with van der Waals surface area (Å²) in [4.78, 5) is 4.00. The molecule has 1 aromatic carbocycles. The van der Waals surface area contributed by atoms with E-state index in [9.17, 15) is 0 Å². The maximum Gasteiger partial charge on any atom is 0.119 e. The first kappa shape index (κ1) is 14.6. The summed E-state index contributed by atoms with van der Waals surface area (Å²) in [5, 5.41) is 3.32.